The van der Waals surface area contributed by atoms with Gasteiger partial charge in [0.2, 0.25) is 5.39 Å². The Kier molecular flexibility index (Phi) is 5.56. The van der Waals surface area contributed by atoms with Crippen molar-refractivity contribution in [2.45, 2.75) is 24.7 Å². The first kappa shape index (κ1) is 21.3. The van der Waals surface area contributed by atoms with Crippen molar-refractivity contribution in [3.05, 3.63) is 89.4 Å². The smallest absolute Gasteiger partial charge is 0.379 e. The first-order valence-electron chi connectivity index (χ1n) is 10.0. The van der Waals surface area contributed by atoms with Crippen LogP contribution >= 0.6 is 0 Å². The van der Waals surface area contributed by atoms with E-state index < -0.39 is 15.9 Å². The van der Waals surface area contributed by atoms with Gasteiger partial charge in [0.05, 0.1) is 6.07 Å². The molecule has 0 N–H and O–H groups in total. The fourth-order valence-electron chi connectivity index (χ4n) is 3.52. The van der Waals surface area contributed by atoms with E-state index in [2.05, 4.69) is 31.0 Å². The van der Waals surface area contributed by atoms with Gasteiger partial charge in [-0.15, -0.1) is 0 Å². The molecule has 0 spiro atoms. The second-order valence-electron chi connectivity index (χ2n) is 7.71. The van der Waals surface area contributed by atoms with E-state index in [4.69, 9.17) is 9.58 Å². The van der Waals surface area contributed by atoms with Crippen molar-refractivity contribution < 1.29 is 17.7 Å². The molecule has 0 saturated heterocycles. The van der Waals surface area contributed by atoms with Crippen molar-refractivity contribution in [2.24, 2.45) is 0 Å². The minimum atomic E-state index is -4.29. The van der Waals surface area contributed by atoms with Crippen LogP contribution in [0.3, 0.4) is 0 Å². The van der Waals surface area contributed by atoms with Crippen molar-refractivity contribution in [2.75, 3.05) is 0 Å². The van der Waals surface area contributed by atoms with Gasteiger partial charge < -0.3 is 9.29 Å². The number of diazo groups is 1. The summed E-state index contributed by atoms with van der Waals surface area (Å²) < 4.78 is 31.3. The zero-order valence-electron chi connectivity index (χ0n) is 17.5. The van der Waals surface area contributed by atoms with Gasteiger partial charge in [-0.25, -0.2) is 0 Å². The van der Waals surface area contributed by atoms with E-state index in [1.807, 2.05) is 12.1 Å². The average molecular weight is 445 g/mol. The molecule has 0 aliphatic heterocycles. The molecule has 4 rings (SSSR count). The standard InChI is InChI=1S/C25H20N2O4S/c1-16(2)17-7-9-18(10-8-17)19-11-13-20(14-12-19)31-32(29,30)24-15-23(27-26)25(28)22-6-4-3-5-21(22)24/h3-16H,1-2H3. The van der Waals surface area contributed by atoms with E-state index in [0.29, 0.717) is 5.92 Å². The van der Waals surface area contributed by atoms with Crippen LogP contribution in [0.5, 0.6) is 11.5 Å². The highest BCUT2D eigenvalue weighted by Gasteiger charge is 2.25. The van der Waals surface area contributed by atoms with E-state index >= 15 is 0 Å². The molecule has 6 nitrogen and oxygen atoms in total. The number of rotatable bonds is 5. The van der Waals surface area contributed by atoms with Crippen molar-refractivity contribution in [1.82, 2.24) is 0 Å². The zero-order chi connectivity index (χ0) is 22.9. The molecule has 4 aromatic carbocycles. The van der Waals surface area contributed by atoms with Gasteiger partial charge in [0.15, 0.2) is 4.98 Å². The van der Waals surface area contributed by atoms with E-state index in [1.165, 1.54) is 17.7 Å². The first-order valence-corrected chi connectivity index (χ1v) is 11.4. The maximum Gasteiger partial charge on any atom is 0.379 e. The van der Waals surface area contributed by atoms with Gasteiger partial charge in [0, 0.05) is 5.39 Å². The molecule has 0 aliphatic carbocycles. The maximum atomic E-state index is 13.0. The predicted molar refractivity (Wildman–Crippen MR) is 122 cm³/mol. The van der Waals surface area contributed by atoms with Gasteiger partial charge >= 0.3 is 15.8 Å². The Hall–Kier alpha value is -3.89. The van der Waals surface area contributed by atoms with E-state index in [9.17, 15) is 13.5 Å². The number of hydrogen-bond donors (Lipinski definition) is 0. The molecule has 0 radical (unpaired) electrons. The summed E-state index contributed by atoms with van der Waals surface area (Å²) in [5.41, 5.74) is 2.80. The Morgan fingerprint density at radius 2 is 1.44 bits per heavy atom. The van der Waals surface area contributed by atoms with Crippen molar-refractivity contribution in [1.29, 1.82) is 5.39 Å². The largest absolute Gasteiger partial charge is 0.867 e. The number of hydrogen-bond acceptors (Lipinski definition) is 5. The van der Waals surface area contributed by atoms with Crippen LogP contribution in [0, 0.1) is 5.39 Å². The second-order valence-corrected chi connectivity index (χ2v) is 9.22. The lowest BCUT2D eigenvalue weighted by atomic mass is 9.99. The Bertz CT molecular complexity index is 1440. The van der Waals surface area contributed by atoms with Gasteiger partial charge in [-0.3, -0.25) is 0 Å². The first-order chi connectivity index (χ1) is 15.3. The molecular formula is C25H20N2O4S. The minimum absolute atomic E-state index is 0.130. The van der Waals surface area contributed by atoms with E-state index in [1.54, 1.807) is 36.4 Å². The summed E-state index contributed by atoms with van der Waals surface area (Å²) in [5.74, 6) is 0.0103. The molecule has 32 heavy (non-hydrogen) atoms. The third kappa shape index (κ3) is 4.01. The topological polar surface area (TPSA) is 94.6 Å². The molecule has 160 valence electrons. The normalized spacial score (nSPS) is 11.4. The lowest BCUT2D eigenvalue weighted by Gasteiger charge is -2.13. The highest BCUT2D eigenvalue weighted by Crippen LogP contribution is 2.38. The van der Waals surface area contributed by atoms with Crippen LogP contribution in [-0.4, -0.2) is 8.42 Å². The predicted octanol–water partition coefficient (Wildman–Crippen LogP) is 5.96. The molecule has 0 atom stereocenters. The summed E-state index contributed by atoms with van der Waals surface area (Å²) >= 11 is 0. The van der Waals surface area contributed by atoms with Gasteiger partial charge in [0.1, 0.15) is 10.6 Å². The van der Waals surface area contributed by atoms with Crippen molar-refractivity contribution >= 4 is 26.6 Å². The molecule has 0 aromatic heterocycles. The number of fused-ring (bicyclic) bond motifs is 1. The van der Waals surface area contributed by atoms with Crippen LogP contribution in [0.2, 0.25) is 0 Å². The lowest BCUT2D eigenvalue weighted by molar-refractivity contribution is -0.264. The van der Waals surface area contributed by atoms with Crippen LogP contribution in [0.4, 0.5) is 5.69 Å². The van der Waals surface area contributed by atoms with E-state index in [-0.39, 0.29) is 27.1 Å². The van der Waals surface area contributed by atoms with E-state index in [0.717, 1.165) is 17.2 Å². The summed E-state index contributed by atoms with van der Waals surface area (Å²) in [5, 5.41) is 21.8. The number of benzene rings is 4. The van der Waals surface area contributed by atoms with Crippen molar-refractivity contribution in [3.8, 4) is 22.6 Å². The van der Waals surface area contributed by atoms with Crippen LogP contribution < -0.4 is 9.29 Å². The Balaban J connectivity index is 1.66. The van der Waals surface area contributed by atoms with Gasteiger partial charge in [0.25, 0.3) is 0 Å². The highest BCUT2D eigenvalue weighted by molar-refractivity contribution is 7.87. The van der Waals surface area contributed by atoms with Gasteiger partial charge in [-0.1, -0.05) is 74.5 Å². The van der Waals surface area contributed by atoms with Crippen molar-refractivity contribution in [3.63, 3.8) is 0 Å². The molecule has 4 aromatic rings. The van der Waals surface area contributed by atoms with Crippen LogP contribution in [0.1, 0.15) is 25.3 Å². The Morgan fingerprint density at radius 3 is 2.00 bits per heavy atom. The third-order valence-electron chi connectivity index (χ3n) is 5.29. The summed E-state index contributed by atoms with van der Waals surface area (Å²) in [4.78, 5) is 2.69. The third-order valence-corrected chi connectivity index (χ3v) is 6.57. The molecule has 0 saturated carbocycles. The number of nitrogens with zero attached hydrogens (tertiary/aromatic N) is 2. The molecule has 0 fully saturated rings. The molecule has 7 heteroatoms. The maximum absolute atomic E-state index is 13.0. The van der Waals surface area contributed by atoms with Gasteiger partial charge in [-0.2, -0.15) is 8.42 Å². The Labute approximate surface area is 186 Å². The highest BCUT2D eigenvalue weighted by atomic mass is 32.2. The second kappa shape index (κ2) is 8.33. The fourth-order valence-corrected chi connectivity index (χ4v) is 4.68. The van der Waals surface area contributed by atoms with Crippen LogP contribution in [-0.2, 0) is 10.1 Å². The quantitative estimate of drug-likeness (QED) is 0.280. The summed E-state index contributed by atoms with van der Waals surface area (Å²) in [7, 11) is -4.29. The fraction of sp³-hybridized carbons (Fsp3) is 0.120. The molecule has 0 heterocycles. The summed E-state index contributed by atoms with van der Waals surface area (Å²) in [6.07, 6.45) is 0. The zero-order valence-corrected chi connectivity index (χ0v) is 18.3. The molecule has 0 unspecified atom stereocenters. The van der Waals surface area contributed by atoms with Gasteiger partial charge in [-0.05, 0) is 45.9 Å². The van der Waals surface area contributed by atoms with Crippen LogP contribution in [0.15, 0.2) is 83.8 Å². The monoisotopic (exact) mass is 444 g/mol. The SMILES string of the molecule is CC(C)c1ccc(-c2ccc(OS(=O)(=O)c3cc([N+]#N)c([O-])c4ccccc34)cc2)cc1. The molecular weight excluding hydrogens is 424 g/mol. The summed E-state index contributed by atoms with van der Waals surface area (Å²) in [6, 6.07) is 22.1. The molecule has 0 amide bonds. The lowest BCUT2D eigenvalue weighted by Crippen LogP contribution is -2.11. The average Bonchev–Trinajstić information content (AvgIpc) is 2.79. The minimum Gasteiger partial charge on any atom is -0.867 e. The molecule has 0 bridgehead atoms. The molecule has 0 aliphatic rings. The summed E-state index contributed by atoms with van der Waals surface area (Å²) in [6.45, 7) is 4.26. The van der Waals surface area contributed by atoms with Crippen LogP contribution in [0.25, 0.3) is 26.9 Å². The Morgan fingerprint density at radius 1 is 0.875 bits per heavy atom.